The zero-order chi connectivity index (χ0) is 38.6. The number of hydrogen-bond acceptors (Lipinski definition) is 5. The quantitative estimate of drug-likeness (QED) is 0.166. The van der Waals surface area contributed by atoms with Crippen molar-refractivity contribution in [3.05, 3.63) is 137 Å². The summed E-state index contributed by atoms with van der Waals surface area (Å²) >= 11 is 1.74. The Balaban J connectivity index is 0.000000254. The monoisotopic (exact) mass is 881 g/mol. The standard InChI is InChI=1S/C34H33N2OS.C12H10N.Ir/c1-19-11-9-12-20(2)28(19)24-17-26(35-18-25(24)33(3,4)5)23-14-10-13-21-22-15-16-27-29(31(22)37-30(21)23)36-32(38-27)34(6,7)8;1-10-7-8-12(13-9-10)11-5-3-2-4-6-11;/h9-13,15-18H,1-8H3;2-5,7-9H,1H3;/q2*-1;/i;1D3;. The fourth-order valence-corrected chi connectivity index (χ4v) is 7.46. The van der Waals surface area contributed by atoms with Crippen LogP contribution in [-0.4, -0.2) is 15.0 Å². The van der Waals surface area contributed by atoms with E-state index in [-0.39, 0.29) is 36.5 Å². The van der Waals surface area contributed by atoms with Crippen LogP contribution in [0.25, 0.3) is 65.8 Å². The van der Waals surface area contributed by atoms with E-state index in [2.05, 4.69) is 115 Å². The van der Waals surface area contributed by atoms with E-state index in [9.17, 15) is 0 Å². The topological polar surface area (TPSA) is 51.8 Å². The second-order valence-electron chi connectivity index (χ2n) is 15.1. The van der Waals surface area contributed by atoms with Crippen LogP contribution >= 0.6 is 11.3 Å². The number of nitrogens with zero attached hydrogens (tertiary/aromatic N) is 3. The Morgan fingerprint density at radius 1 is 0.731 bits per heavy atom. The number of fused-ring (bicyclic) bond motifs is 5. The van der Waals surface area contributed by atoms with Crippen molar-refractivity contribution in [1.29, 1.82) is 0 Å². The van der Waals surface area contributed by atoms with Gasteiger partial charge in [-0.2, -0.15) is 0 Å². The van der Waals surface area contributed by atoms with Gasteiger partial charge in [0, 0.05) is 47.4 Å². The second kappa shape index (κ2) is 14.5. The van der Waals surface area contributed by atoms with Crippen LogP contribution < -0.4 is 0 Å². The van der Waals surface area contributed by atoms with Crippen LogP contribution in [0.2, 0.25) is 0 Å². The van der Waals surface area contributed by atoms with Crippen molar-refractivity contribution >= 4 is 43.5 Å². The van der Waals surface area contributed by atoms with Crippen LogP contribution in [0.4, 0.5) is 0 Å². The molecular formula is C46H43IrN3OS-2. The van der Waals surface area contributed by atoms with Gasteiger partial charge in [0.1, 0.15) is 11.1 Å². The summed E-state index contributed by atoms with van der Waals surface area (Å²) in [7, 11) is 0. The van der Waals surface area contributed by atoms with Gasteiger partial charge in [0.2, 0.25) is 0 Å². The van der Waals surface area contributed by atoms with Crippen molar-refractivity contribution < 1.29 is 28.6 Å². The second-order valence-corrected chi connectivity index (χ2v) is 16.1. The Labute approximate surface area is 329 Å². The summed E-state index contributed by atoms with van der Waals surface area (Å²) in [6.07, 6.45) is 3.43. The van der Waals surface area contributed by atoms with E-state index in [0.717, 1.165) is 59.7 Å². The van der Waals surface area contributed by atoms with E-state index >= 15 is 0 Å². The van der Waals surface area contributed by atoms with Crippen molar-refractivity contribution in [3.63, 3.8) is 0 Å². The summed E-state index contributed by atoms with van der Waals surface area (Å²) in [5.74, 6) is 0. The molecule has 0 atom stereocenters. The van der Waals surface area contributed by atoms with E-state index in [1.165, 1.54) is 34.0 Å². The van der Waals surface area contributed by atoms with Crippen molar-refractivity contribution in [2.24, 2.45) is 0 Å². The molecule has 0 spiro atoms. The largest absolute Gasteiger partial charge is 0.498 e. The molecule has 4 aromatic heterocycles. The molecule has 6 heteroatoms. The summed E-state index contributed by atoms with van der Waals surface area (Å²) in [5, 5.41) is 3.26. The predicted molar refractivity (Wildman–Crippen MR) is 215 cm³/mol. The Bertz CT molecular complexity index is 2610. The molecule has 4 nitrogen and oxygen atoms in total. The van der Waals surface area contributed by atoms with E-state index in [1.54, 1.807) is 29.5 Å². The van der Waals surface area contributed by atoms with Crippen molar-refractivity contribution in [1.82, 2.24) is 15.0 Å². The number of hydrogen-bond donors (Lipinski definition) is 0. The number of benzene rings is 4. The minimum Gasteiger partial charge on any atom is -0.498 e. The third-order valence-corrected chi connectivity index (χ3v) is 10.5. The molecule has 8 aromatic rings. The number of furan rings is 1. The molecule has 8 rings (SSSR count). The van der Waals surface area contributed by atoms with Gasteiger partial charge in [0.25, 0.3) is 0 Å². The molecule has 0 fully saturated rings. The van der Waals surface area contributed by atoms with E-state index in [1.807, 2.05) is 30.5 Å². The van der Waals surface area contributed by atoms with Gasteiger partial charge in [-0.1, -0.05) is 95.0 Å². The number of rotatable bonds is 3. The average molecular weight is 881 g/mol. The van der Waals surface area contributed by atoms with Crippen LogP contribution in [0.15, 0.2) is 102 Å². The molecule has 0 aliphatic heterocycles. The number of aromatic nitrogens is 3. The van der Waals surface area contributed by atoms with Crippen LogP contribution in [0.3, 0.4) is 0 Å². The molecule has 52 heavy (non-hydrogen) atoms. The van der Waals surface area contributed by atoms with Crippen LogP contribution in [0.1, 0.15) is 72.9 Å². The van der Waals surface area contributed by atoms with Gasteiger partial charge in [0.05, 0.1) is 15.3 Å². The molecule has 1 radical (unpaired) electrons. The molecular weight excluding hydrogens is 835 g/mol. The molecule has 0 aliphatic rings. The van der Waals surface area contributed by atoms with Gasteiger partial charge in [-0.05, 0) is 76.9 Å². The smallest absolute Gasteiger partial charge is 0.148 e. The van der Waals surface area contributed by atoms with Crippen molar-refractivity contribution in [3.8, 4) is 33.6 Å². The summed E-state index contributed by atoms with van der Waals surface area (Å²) in [6.45, 7) is 15.6. The van der Waals surface area contributed by atoms with Crippen LogP contribution in [0.5, 0.6) is 0 Å². The van der Waals surface area contributed by atoms with Gasteiger partial charge in [-0.25, -0.2) is 4.98 Å². The van der Waals surface area contributed by atoms with Crippen LogP contribution in [0, 0.1) is 32.8 Å². The minimum absolute atomic E-state index is 0. The SMILES string of the molecule is Cc1cccc(C)c1-c1cc(-c2[c-]ccc3c2oc2c3ccc3sc(C(C)(C)C)nc32)ncc1C(C)(C)C.[2H]C([2H])([2H])c1ccc(-c2[c-]cccc2)nc1.[Ir]. The minimum atomic E-state index is -2.09. The maximum atomic E-state index is 7.23. The first-order valence-corrected chi connectivity index (χ1v) is 18.0. The molecule has 0 saturated carbocycles. The van der Waals surface area contributed by atoms with Gasteiger partial charge in [-0.15, -0.1) is 65.4 Å². The molecule has 0 amide bonds. The Morgan fingerprint density at radius 2 is 1.48 bits per heavy atom. The van der Waals surface area contributed by atoms with Crippen molar-refractivity contribution in [2.45, 2.75) is 73.1 Å². The molecule has 0 saturated heterocycles. The first kappa shape index (κ1) is 33.4. The average Bonchev–Trinajstić information content (AvgIpc) is 3.74. The molecule has 4 heterocycles. The zero-order valence-corrected chi connectivity index (χ0v) is 33.9. The van der Waals surface area contributed by atoms with Crippen molar-refractivity contribution in [2.75, 3.05) is 0 Å². The van der Waals surface area contributed by atoms with E-state index < -0.39 is 6.85 Å². The number of pyridine rings is 2. The normalized spacial score (nSPS) is 12.9. The van der Waals surface area contributed by atoms with Gasteiger partial charge >= 0.3 is 0 Å². The fourth-order valence-electron chi connectivity index (χ4n) is 6.44. The summed E-state index contributed by atoms with van der Waals surface area (Å²) in [6, 6.07) is 34.4. The Kier molecular flexibility index (Phi) is 9.31. The third kappa shape index (κ3) is 7.25. The summed E-state index contributed by atoms with van der Waals surface area (Å²) < 4.78 is 29.5. The van der Waals surface area contributed by atoms with Gasteiger partial charge in [-0.3, -0.25) is 0 Å². The van der Waals surface area contributed by atoms with Crippen LogP contribution in [-0.2, 0) is 30.9 Å². The zero-order valence-electron chi connectivity index (χ0n) is 33.7. The summed E-state index contributed by atoms with van der Waals surface area (Å²) in [4.78, 5) is 14.1. The first-order valence-electron chi connectivity index (χ1n) is 18.7. The molecule has 0 aliphatic carbocycles. The number of thiazole rings is 1. The molecule has 0 bridgehead atoms. The fraction of sp³-hybridized carbons (Fsp3) is 0.239. The predicted octanol–water partition coefficient (Wildman–Crippen LogP) is 12.8. The third-order valence-electron chi connectivity index (χ3n) is 9.07. The Morgan fingerprint density at radius 3 is 2.13 bits per heavy atom. The molecule has 0 N–H and O–H groups in total. The maximum Gasteiger partial charge on any atom is 0.148 e. The van der Waals surface area contributed by atoms with Gasteiger partial charge < -0.3 is 14.4 Å². The molecule has 0 unspecified atom stereocenters. The molecule has 265 valence electrons. The molecule has 4 aromatic carbocycles. The number of aryl methyl sites for hydroxylation is 3. The van der Waals surface area contributed by atoms with E-state index in [0.29, 0.717) is 0 Å². The maximum absolute atomic E-state index is 7.23. The summed E-state index contributed by atoms with van der Waals surface area (Å²) in [5.41, 5.74) is 12.4. The first-order chi connectivity index (χ1) is 25.5. The Hall–Kier alpha value is -4.48. The van der Waals surface area contributed by atoms with E-state index in [4.69, 9.17) is 18.5 Å². The van der Waals surface area contributed by atoms with Gasteiger partial charge in [0.15, 0.2) is 0 Å².